The third kappa shape index (κ3) is 2.89. The lowest BCUT2D eigenvalue weighted by Crippen LogP contribution is -2.53. The van der Waals surface area contributed by atoms with Gasteiger partial charge in [0.05, 0.1) is 28.7 Å². The van der Waals surface area contributed by atoms with Crippen LogP contribution in [-0.2, 0) is 16.9 Å². The fraction of sp³-hybridized carbons (Fsp3) is 0.0625. The Kier molecular flexibility index (Phi) is 4.71. The molecule has 8 nitrogen and oxygen atoms in total. The van der Waals surface area contributed by atoms with Gasteiger partial charge in [0, 0.05) is 16.0 Å². The highest BCUT2D eigenvalue weighted by Crippen LogP contribution is 2.52. The van der Waals surface area contributed by atoms with Crippen LogP contribution < -0.4 is 21.6 Å². The molecular weight excluding hydrogens is 542 g/mol. The van der Waals surface area contributed by atoms with Gasteiger partial charge in [-0.05, 0) is 48.0 Å². The minimum absolute atomic E-state index is 0.102. The van der Waals surface area contributed by atoms with Crippen LogP contribution in [0.25, 0.3) is 27.4 Å². The summed E-state index contributed by atoms with van der Waals surface area (Å²) < 4.78 is 8.06. The van der Waals surface area contributed by atoms with Crippen molar-refractivity contribution in [3.05, 3.63) is 150 Å². The van der Waals surface area contributed by atoms with E-state index in [-0.39, 0.29) is 34.2 Å². The number of rotatable bonds is 2. The van der Waals surface area contributed by atoms with Gasteiger partial charge in [0.1, 0.15) is 11.1 Å². The van der Waals surface area contributed by atoms with E-state index in [1.807, 2.05) is 30.3 Å². The lowest BCUT2D eigenvalue weighted by atomic mass is 9.84. The highest BCUT2D eigenvalue weighted by atomic mass is 35.5. The van der Waals surface area contributed by atoms with Gasteiger partial charge in [-0.1, -0.05) is 66.2 Å². The first-order chi connectivity index (χ1) is 19.9. The largest absolute Gasteiger partial charge is 0.422 e. The van der Waals surface area contributed by atoms with E-state index in [9.17, 15) is 19.2 Å². The second-order valence-corrected chi connectivity index (χ2v) is 10.6. The average molecular weight is 560 g/mol. The van der Waals surface area contributed by atoms with Crippen molar-refractivity contribution in [2.75, 3.05) is 4.90 Å². The van der Waals surface area contributed by atoms with Crippen molar-refractivity contribution in [1.29, 1.82) is 0 Å². The van der Waals surface area contributed by atoms with Crippen LogP contribution in [0.1, 0.15) is 16.7 Å². The van der Waals surface area contributed by atoms with E-state index in [2.05, 4.69) is 0 Å². The minimum atomic E-state index is -2.03. The van der Waals surface area contributed by atoms with Crippen LogP contribution in [0.15, 0.2) is 116 Å². The number of aromatic nitrogens is 2. The van der Waals surface area contributed by atoms with Crippen LogP contribution in [0.5, 0.6) is 0 Å². The van der Waals surface area contributed by atoms with Gasteiger partial charge < -0.3 is 9.32 Å². The third-order valence-corrected chi connectivity index (χ3v) is 8.26. The zero-order chi connectivity index (χ0) is 28.0. The molecular formula is C32H18ClN3O5. The molecule has 1 spiro atoms. The van der Waals surface area contributed by atoms with Crippen LogP contribution in [-0.4, -0.2) is 15.3 Å². The molecule has 0 saturated heterocycles. The van der Waals surface area contributed by atoms with Gasteiger partial charge in [-0.3, -0.25) is 14.4 Å². The summed E-state index contributed by atoms with van der Waals surface area (Å²) in [5, 5.41) is 1.03. The van der Waals surface area contributed by atoms with Gasteiger partial charge in [-0.25, -0.2) is 14.2 Å². The number of nitrogens with zero attached hydrogens (tertiary/aromatic N) is 3. The third-order valence-electron chi connectivity index (χ3n) is 8.03. The van der Waals surface area contributed by atoms with Gasteiger partial charge in [0.15, 0.2) is 0 Å². The molecule has 8 rings (SSSR count). The minimum Gasteiger partial charge on any atom is -0.422 e. The Balaban J connectivity index is 1.60. The molecule has 0 N–H and O–H groups in total. The number of carbonyl (C=O) groups is 1. The first-order valence-corrected chi connectivity index (χ1v) is 13.3. The molecule has 4 aromatic carbocycles. The smallest absolute Gasteiger partial charge is 0.345 e. The monoisotopic (exact) mass is 559 g/mol. The Labute approximate surface area is 235 Å². The molecule has 0 aliphatic carbocycles. The van der Waals surface area contributed by atoms with Crippen molar-refractivity contribution in [3.8, 4) is 5.69 Å². The molecule has 1 amide bonds. The zero-order valence-electron chi connectivity index (χ0n) is 21.2. The number of anilines is 1. The summed E-state index contributed by atoms with van der Waals surface area (Å²) in [4.78, 5) is 59.1. The van der Waals surface area contributed by atoms with E-state index < -0.39 is 28.2 Å². The molecule has 4 heterocycles. The SMILES string of the molecule is O=C1N(Cc2ccccc2)c2ccc(Cl)cc2C12c1c(c3ccccc3oc1=O)-n1c(=O)c3ccccc3c(=O)n12. The van der Waals surface area contributed by atoms with Crippen LogP contribution in [0, 0.1) is 0 Å². The molecule has 0 fully saturated rings. The van der Waals surface area contributed by atoms with Gasteiger partial charge >= 0.3 is 5.63 Å². The van der Waals surface area contributed by atoms with E-state index in [4.69, 9.17) is 16.0 Å². The number of hydrogen-bond acceptors (Lipinski definition) is 5. The standard InChI is InChI=1S/C32H18ClN3O5/c33-19-14-15-24-23(16-19)32(31(40)34(24)17-18-8-2-1-3-9-18)26-27(22-12-6-7-13-25(22)41-30(26)39)35-28(37)20-10-4-5-11-21(20)29(38)36(32)35/h1-16H,17H2. The number of benzene rings is 4. The highest BCUT2D eigenvalue weighted by molar-refractivity contribution is 6.31. The van der Waals surface area contributed by atoms with Crippen LogP contribution >= 0.6 is 11.6 Å². The van der Waals surface area contributed by atoms with E-state index in [1.165, 1.54) is 9.58 Å². The van der Waals surface area contributed by atoms with Crippen molar-refractivity contribution in [1.82, 2.24) is 9.36 Å². The van der Waals surface area contributed by atoms with Crippen molar-refractivity contribution >= 4 is 44.9 Å². The molecule has 2 aromatic heterocycles. The fourth-order valence-electron chi connectivity index (χ4n) is 6.37. The summed E-state index contributed by atoms with van der Waals surface area (Å²) in [6.45, 7) is 0.164. The molecule has 6 aromatic rings. The Hall–Kier alpha value is -5.21. The topological polar surface area (TPSA) is 94.5 Å². The van der Waals surface area contributed by atoms with Gasteiger partial charge in [0.25, 0.3) is 17.0 Å². The molecule has 0 saturated carbocycles. The highest BCUT2D eigenvalue weighted by Gasteiger charge is 2.62. The number of halogens is 1. The molecule has 1 atom stereocenters. The summed E-state index contributed by atoms with van der Waals surface area (Å²) >= 11 is 6.51. The van der Waals surface area contributed by atoms with E-state index in [1.54, 1.807) is 66.7 Å². The number of amides is 1. The average Bonchev–Trinajstić information content (AvgIpc) is 3.44. The number of fused-ring (bicyclic) bond motifs is 10. The summed E-state index contributed by atoms with van der Waals surface area (Å²) in [6, 6.07) is 27.5. The first kappa shape index (κ1) is 23.7. The molecule has 41 heavy (non-hydrogen) atoms. The zero-order valence-corrected chi connectivity index (χ0v) is 22.0. The molecule has 0 bridgehead atoms. The van der Waals surface area contributed by atoms with Crippen molar-refractivity contribution < 1.29 is 9.21 Å². The van der Waals surface area contributed by atoms with E-state index in [0.717, 1.165) is 10.2 Å². The van der Waals surface area contributed by atoms with Crippen LogP contribution in [0.3, 0.4) is 0 Å². The number of hydrogen-bond donors (Lipinski definition) is 0. The number of carbonyl (C=O) groups excluding carboxylic acids is 1. The lowest BCUT2D eigenvalue weighted by Gasteiger charge is -2.26. The lowest BCUT2D eigenvalue weighted by molar-refractivity contribution is -0.123. The van der Waals surface area contributed by atoms with Gasteiger partial charge in [-0.2, -0.15) is 0 Å². The van der Waals surface area contributed by atoms with Gasteiger partial charge in [0.2, 0.25) is 5.54 Å². The van der Waals surface area contributed by atoms with E-state index in [0.29, 0.717) is 21.7 Å². The quantitative estimate of drug-likeness (QED) is 0.290. The second kappa shape index (κ2) is 8.16. The summed E-state index contributed by atoms with van der Waals surface area (Å²) in [5.74, 6) is -0.564. The molecule has 198 valence electrons. The summed E-state index contributed by atoms with van der Waals surface area (Å²) in [7, 11) is 0. The fourth-order valence-corrected chi connectivity index (χ4v) is 6.54. The molecule has 2 aliphatic rings. The molecule has 1 unspecified atom stereocenters. The van der Waals surface area contributed by atoms with Crippen molar-refractivity contribution in [2.45, 2.75) is 12.1 Å². The summed E-state index contributed by atoms with van der Waals surface area (Å²) in [6.07, 6.45) is 0. The Morgan fingerprint density at radius 1 is 0.732 bits per heavy atom. The van der Waals surface area contributed by atoms with Crippen LogP contribution in [0.2, 0.25) is 5.02 Å². The van der Waals surface area contributed by atoms with Crippen molar-refractivity contribution in [3.63, 3.8) is 0 Å². The Morgan fingerprint density at radius 2 is 1.39 bits per heavy atom. The predicted octanol–water partition coefficient (Wildman–Crippen LogP) is 4.56. The maximum Gasteiger partial charge on any atom is 0.345 e. The van der Waals surface area contributed by atoms with Gasteiger partial charge in [-0.15, -0.1) is 0 Å². The molecule has 9 heteroatoms. The summed E-state index contributed by atoms with van der Waals surface area (Å²) in [5.41, 5.74) is -2.09. The maximum atomic E-state index is 14.9. The van der Waals surface area contributed by atoms with Crippen LogP contribution in [0.4, 0.5) is 5.69 Å². The maximum absolute atomic E-state index is 14.9. The van der Waals surface area contributed by atoms with E-state index >= 15 is 0 Å². The molecule has 2 aliphatic heterocycles. The molecule has 0 radical (unpaired) electrons. The second-order valence-electron chi connectivity index (χ2n) is 10.1. The first-order valence-electron chi connectivity index (χ1n) is 12.9. The van der Waals surface area contributed by atoms with Crippen molar-refractivity contribution in [2.24, 2.45) is 0 Å². The predicted molar refractivity (Wildman–Crippen MR) is 155 cm³/mol. The number of para-hydroxylation sites is 1. The Morgan fingerprint density at radius 3 is 2.15 bits per heavy atom. The Bertz CT molecular complexity index is 2300. The normalized spacial score (nSPS) is 16.9.